The molecule has 12 N–H and O–H groups in total. The van der Waals surface area contributed by atoms with Gasteiger partial charge in [-0.2, -0.15) is 0 Å². The molecule has 15 nitrogen and oxygen atoms in total. The molecule has 18 heteroatoms. The number of halogens is 3. The highest BCUT2D eigenvalue weighted by Gasteiger charge is 2.28. The second-order valence-corrected chi connectivity index (χ2v) is 19.9. The van der Waals surface area contributed by atoms with Crippen LogP contribution in [0.1, 0.15) is 245 Å². The summed E-state index contributed by atoms with van der Waals surface area (Å²) in [7, 11) is 0. The third-order valence-corrected chi connectivity index (χ3v) is 13.4. The number of aliphatic imine (C=N–C) groups is 1. The van der Waals surface area contributed by atoms with E-state index in [1.54, 1.807) is 6.92 Å². The number of aliphatic carboxylic acids is 1. The van der Waals surface area contributed by atoms with Gasteiger partial charge in [-0.15, -0.1) is 0 Å². The third-order valence-electron chi connectivity index (χ3n) is 13.4. The normalized spacial score (nSPS) is 12.1. The summed E-state index contributed by atoms with van der Waals surface area (Å²) in [5.74, 6) is -3.52. The van der Waals surface area contributed by atoms with Gasteiger partial charge in [0.05, 0.1) is 32.7 Å². The first kappa shape index (κ1) is 75.9. The lowest BCUT2D eigenvalue weighted by Gasteiger charge is -2.24. The number of nitrogens with zero attached hydrogens (tertiary/aromatic N) is 1. The molecule has 0 aromatic carbocycles. The Morgan fingerprint density at radius 2 is 0.931 bits per heavy atom. The summed E-state index contributed by atoms with van der Waals surface area (Å²) in [5, 5.41) is 20.5. The predicted octanol–water partition coefficient (Wildman–Crippen LogP) is -1.27. The summed E-state index contributed by atoms with van der Waals surface area (Å²) >= 11 is 0. The molecule has 0 spiro atoms. The highest BCUT2D eigenvalue weighted by Crippen LogP contribution is 2.15. The molecule has 0 aliphatic carbocycles. The molecule has 0 aromatic rings. The van der Waals surface area contributed by atoms with Gasteiger partial charge in [-0.25, -0.2) is 0 Å². The number of hydrogen-bond donors (Lipinski definition) is 9. The number of hydrogen-bond acceptors (Lipinski definition) is 7. The Bertz CT molecular complexity index is 1290. The first-order valence-electron chi connectivity index (χ1n) is 28.4. The zero-order chi connectivity index (χ0) is 51.0. The van der Waals surface area contributed by atoms with Gasteiger partial charge in [0.1, 0.15) is 12.1 Å². The molecule has 3 atom stereocenters. The van der Waals surface area contributed by atoms with Crippen molar-refractivity contribution in [2.45, 2.75) is 258 Å². The summed E-state index contributed by atoms with van der Waals surface area (Å²) in [5.41, 5.74) is 16.5. The molecular formula is C54H108Cl3N9O6-2. The van der Waals surface area contributed by atoms with Crippen LogP contribution >= 0.6 is 0 Å². The van der Waals surface area contributed by atoms with E-state index in [4.69, 9.17) is 17.2 Å². The SMILES string of the molecule is CCCCCCCCCCCCCCCC[NH+](CCCCCCCCCCCCCCCC)CCNC(=O)C(CCCCN)NC(=O)C(CCC(=O)O)NC(=O)CNC(=O)C(C)CCCN=C(N)N.[Cl-].[Cl-].[Cl-]. The number of carbonyl (C=O) groups excluding carboxylic acids is 4. The van der Waals surface area contributed by atoms with E-state index in [1.165, 1.54) is 185 Å². The van der Waals surface area contributed by atoms with Crippen LogP contribution in [0.4, 0.5) is 0 Å². The van der Waals surface area contributed by atoms with Crippen LogP contribution in [0.2, 0.25) is 0 Å². The quantitative estimate of drug-likeness (QED) is 0.0200. The maximum absolute atomic E-state index is 13.7. The minimum atomic E-state index is -1.22. The molecule has 0 bridgehead atoms. The van der Waals surface area contributed by atoms with Gasteiger partial charge in [0.25, 0.3) is 0 Å². The predicted molar refractivity (Wildman–Crippen MR) is 285 cm³/mol. The molecule has 0 aliphatic rings. The van der Waals surface area contributed by atoms with Crippen molar-refractivity contribution < 1.29 is 71.2 Å². The first-order chi connectivity index (χ1) is 33.4. The van der Waals surface area contributed by atoms with Crippen molar-refractivity contribution in [3.8, 4) is 0 Å². The molecule has 0 fully saturated rings. The largest absolute Gasteiger partial charge is 1.00 e. The number of carbonyl (C=O) groups is 5. The summed E-state index contributed by atoms with van der Waals surface area (Å²) < 4.78 is 0. The maximum atomic E-state index is 13.7. The van der Waals surface area contributed by atoms with Gasteiger partial charge in [-0.1, -0.05) is 175 Å². The molecule has 0 aliphatic heterocycles. The van der Waals surface area contributed by atoms with Gasteiger partial charge < -0.3 is 85.7 Å². The van der Waals surface area contributed by atoms with E-state index >= 15 is 0 Å². The van der Waals surface area contributed by atoms with Crippen LogP contribution in [-0.4, -0.2) is 98.6 Å². The Hall–Kier alpha value is -2.59. The average Bonchev–Trinajstić information content (AvgIpc) is 3.32. The van der Waals surface area contributed by atoms with Gasteiger partial charge >= 0.3 is 5.97 Å². The summed E-state index contributed by atoms with van der Waals surface area (Å²) in [6.07, 6.45) is 39.4. The van der Waals surface area contributed by atoms with Crippen LogP contribution in [0, 0.1) is 5.92 Å². The van der Waals surface area contributed by atoms with Crippen molar-refractivity contribution in [2.24, 2.45) is 28.1 Å². The van der Waals surface area contributed by atoms with Gasteiger partial charge in [-0.05, 0) is 70.8 Å². The van der Waals surface area contributed by atoms with Crippen LogP contribution in [0.15, 0.2) is 4.99 Å². The fourth-order valence-corrected chi connectivity index (χ4v) is 8.89. The number of nitrogens with one attached hydrogen (secondary N) is 5. The van der Waals surface area contributed by atoms with Crippen molar-refractivity contribution in [3.63, 3.8) is 0 Å². The fraction of sp³-hybridized carbons (Fsp3) is 0.889. The zero-order valence-electron chi connectivity index (χ0n) is 45.7. The van der Waals surface area contributed by atoms with Crippen molar-refractivity contribution in [2.75, 3.05) is 45.8 Å². The molecule has 0 rings (SSSR count). The lowest BCUT2D eigenvalue weighted by molar-refractivity contribution is -0.899. The Kier molecular flexibility index (Phi) is 59.2. The van der Waals surface area contributed by atoms with E-state index in [1.807, 2.05) is 0 Å². The lowest BCUT2D eigenvalue weighted by Crippen LogP contribution is -3.12. The average molecular weight is 1090 g/mol. The van der Waals surface area contributed by atoms with Crippen molar-refractivity contribution >= 4 is 35.6 Å². The standard InChI is InChI=1S/C54H107N9O6.3ClH/c1-4-6-8-10-12-14-16-18-20-22-24-26-28-32-42-63(43-33-29-27-25-23-21-19-17-15-13-11-9-7-5-2)44-41-58-52(68)47(36-30-31-39-55)62-53(69)48(37-38-50(65)66)61-49(64)45-60-51(67)46(3)35-34-40-59-54(56)57;;;/h46-48H,4-45,55H2,1-3H3,(H,58,68)(H,60,67)(H,61,64)(H,62,69)(H,65,66)(H4,56,57,59);3*1H/p-2. The van der Waals surface area contributed by atoms with E-state index in [9.17, 15) is 29.1 Å². The summed E-state index contributed by atoms with van der Waals surface area (Å²) in [6.45, 7) is 10.1. The second-order valence-electron chi connectivity index (χ2n) is 19.9. The minimum Gasteiger partial charge on any atom is -1.00 e. The summed E-state index contributed by atoms with van der Waals surface area (Å²) in [4.78, 5) is 69.8. The molecule has 428 valence electrons. The first-order valence-corrected chi connectivity index (χ1v) is 28.4. The Labute approximate surface area is 457 Å². The highest BCUT2D eigenvalue weighted by molar-refractivity contribution is 5.93. The topological polar surface area (TPSA) is 249 Å². The van der Waals surface area contributed by atoms with Crippen LogP contribution in [0.25, 0.3) is 0 Å². The van der Waals surface area contributed by atoms with Crippen LogP contribution in [0.5, 0.6) is 0 Å². The maximum Gasteiger partial charge on any atom is 0.303 e. The van der Waals surface area contributed by atoms with Crippen LogP contribution < -0.4 is 80.6 Å². The molecule has 0 radical (unpaired) electrons. The minimum absolute atomic E-state index is 0. The molecule has 72 heavy (non-hydrogen) atoms. The van der Waals surface area contributed by atoms with Gasteiger partial charge in [0.2, 0.25) is 23.6 Å². The van der Waals surface area contributed by atoms with Gasteiger partial charge in [0.15, 0.2) is 5.96 Å². The number of rotatable bonds is 51. The summed E-state index contributed by atoms with van der Waals surface area (Å²) in [6, 6.07) is -2.10. The number of guanidine groups is 1. The Morgan fingerprint density at radius 3 is 1.35 bits per heavy atom. The zero-order valence-corrected chi connectivity index (χ0v) is 48.0. The number of unbranched alkanes of at least 4 members (excludes halogenated alkanes) is 27. The fourth-order valence-electron chi connectivity index (χ4n) is 8.89. The Morgan fingerprint density at radius 1 is 0.500 bits per heavy atom. The van der Waals surface area contributed by atoms with Crippen LogP contribution in [-0.2, 0) is 24.0 Å². The monoisotopic (exact) mass is 1080 g/mol. The third kappa shape index (κ3) is 49.6. The van der Waals surface area contributed by atoms with Gasteiger partial charge in [0, 0.05) is 18.9 Å². The molecule has 0 aromatic heterocycles. The lowest BCUT2D eigenvalue weighted by atomic mass is 10.0. The molecule has 3 unspecified atom stereocenters. The van der Waals surface area contributed by atoms with Crippen molar-refractivity contribution in [1.82, 2.24) is 21.3 Å². The molecular weight excluding hydrogens is 977 g/mol. The number of carboxylic acid groups (broad SMARTS) is 1. The number of carboxylic acids is 1. The van der Waals surface area contributed by atoms with Crippen molar-refractivity contribution in [3.05, 3.63) is 0 Å². The van der Waals surface area contributed by atoms with E-state index in [0.29, 0.717) is 51.7 Å². The Balaban J connectivity index is -0.00000771. The number of nitrogens with two attached hydrogens (primary N) is 3. The van der Waals surface area contributed by atoms with Crippen LogP contribution in [0.3, 0.4) is 0 Å². The highest BCUT2D eigenvalue weighted by atomic mass is 35.5. The van der Waals surface area contributed by atoms with Crippen molar-refractivity contribution in [1.29, 1.82) is 0 Å². The number of quaternary nitrogens is 1. The molecule has 0 saturated carbocycles. The van der Waals surface area contributed by atoms with E-state index in [0.717, 1.165) is 19.6 Å². The smallest absolute Gasteiger partial charge is 0.303 e. The number of amides is 4. The van der Waals surface area contributed by atoms with E-state index < -0.39 is 42.3 Å². The second kappa shape index (κ2) is 56.1. The van der Waals surface area contributed by atoms with E-state index in [-0.39, 0.29) is 67.8 Å². The van der Waals surface area contributed by atoms with Gasteiger partial charge in [-0.3, -0.25) is 29.0 Å². The molecule has 4 amide bonds. The van der Waals surface area contributed by atoms with E-state index in [2.05, 4.69) is 40.1 Å². The molecule has 0 heterocycles. The molecule has 0 saturated heterocycles.